The van der Waals surface area contributed by atoms with Crippen molar-refractivity contribution in [2.24, 2.45) is 0 Å². The fourth-order valence-corrected chi connectivity index (χ4v) is 1.20. The molecule has 3 heteroatoms. The zero-order valence-electron chi connectivity index (χ0n) is 9.51. The molecular formula is C13H16O3. The minimum atomic E-state index is -0.468. The summed E-state index contributed by atoms with van der Waals surface area (Å²) in [6.45, 7) is 3.84. The van der Waals surface area contributed by atoms with Crippen LogP contribution in [-0.4, -0.2) is 23.8 Å². The predicted molar refractivity (Wildman–Crippen MR) is 63.1 cm³/mol. The Balaban J connectivity index is 2.71. The van der Waals surface area contributed by atoms with E-state index < -0.39 is 6.10 Å². The van der Waals surface area contributed by atoms with Gasteiger partial charge in [0.1, 0.15) is 0 Å². The second-order valence-corrected chi connectivity index (χ2v) is 3.44. The first-order valence-electron chi connectivity index (χ1n) is 5.27. The Labute approximate surface area is 95.4 Å². The van der Waals surface area contributed by atoms with Crippen LogP contribution in [0, 0.1) is 0 Å². The average molecular weight is 220 g/mol. The number of carbonyl (C=O) groups is 1. The molecule has 0 aliphatic heterocycles. The number of hydrogen-bond acceptors (Lipinski definition) is 3. The van der Waals surface area contributed by atoms with Gasteiger partial charge in [-0.15, -0.1) is 0 Å². The summed E-state index contributed by atoms with van der Waals surface area (Å²) in [5.74, 6) is -0.312. The number of ether oxygens (including phenoxy) is 1. The number of hydrogen-bond donors (Lipinski definition) is 1. The number of rotatable bonds is 4. The first-order chi connectivity index (χ1) is 7.63. The topological polar surface area (TPSA) is 46.5 Å². The summed E-state index contributed by atoms with van der Waals surface area (Å²) in [6, 6.07) is 7.04. The molecule has 0 heterocycles. The van der Waals surface area contributed by atoms with Crippen LogP contribution in [0.1, 0.15) is 29.8 Å². The van der Waals surface area contributed by atoms with E-state index in [2.05, 4.69) is 0 Å². The maximum absolute atomic E-state index is 11.3. The summed E-state index contributed by atoms with van der Waals surface area (Å²) in [6.07, 6.45) is 3.02. The monoisotopic (exact) mass is 220 g/mol. The van der Waals surface area contributed by atoms with Gasteiger partial charge in [0.25, 0.3) is 0 Å². The molecule has 0 saturated carbocycles. The Kier molecular flexibility index (Phi) is 4.73. The third kappa shape index (κ3) is 3.87. The third-order valence-electron chi connectivity index (χ3n) is 1.99. The lowest BCUT2D eigenvalue weighted by molar-refractivity contribution is 0.0526. The van der Waals surface area contributed by atoms with Crippen molar-refractivity contribution < 1.29 is 14.6 Å². The van der Waals surface area contributed by atoms with Crippen LogP contribution in [0.15, 0.2) is 30.3 Å². The highest BCUT2D eigenvalue weighted by Gasteiger charge is 2.04. The highest BCUT2D eigenvalue weighted by Crippen LogP contribution is 2.08. The maximum Gasteiger partial charge on any atom is 0.338 e. The summed E-state index contributed by atoms with van der Waals surface area (Å²) in [4.78, 5) is 11.3. The molecule has 0 amide bonds. The molecule has 1 rings (SSSR count). The van der Waals surface area contributed by atoms with Gasteiger partial charge < -0.3 is 9.84 Å². The van der Waals surface area contributed by atoms with E-state index in [9.17, 15) is 4.79 Å². The second-order valence-electron chi connectivity index (χ2n) is 3.44. The van der Waals surface area contributed by atoms with Crippen LogP contribution in [0.4, 0.5) is 0 Å². The lowest BCUT2D eigenvalue weighted by Gasteiger charge is -2.01. The van der Waals surface area contributed by atoms with Gasteiger partial charge in [-0.05, 0) is 31.5 Å². The van der Waals surface area contributed by atoms with Gasteiger partial charge in [0.2, 0.25) is 0 Å². The standard InChI is InChI=1S/C13H16O3/c1-3-16-13(15)12-8-6-11(7-9-12)5-4-10(2)14/h4-10,14H,3H2,1-2H3/b5-4+/t10-/m1/s1. The van der Waals surface area contributed by atoms with Crippen LogP contribution in [0.3, 0.4) is 0 Å². The van der Waals surface area contributed by atoms with Gasteiger partial charge in [-0.25, -0.2) is 4.79 Å². The van der Waals surface area contributed by atoms with E-state index >= 15 is 0 Å². The number of esters is 1. The number of carbonyl (C=O) groups excluding carboxylic acids is 1. The molecule has 0 aliphatic rings. The van der Waals surface area contributed by atoms with Gasteiger partial charge in [0.05, 0.1) is 18.3 Å². The maximum atomic E-state index is 11.3. The molecule has 1 N–H and O–H groups in total. The van der Waals surface area contributed by atoms with Crippen LogP contribution in [0.25, 0.3) is 6.08 Å². The van der Waals surface area contributed by atoms with E-state index in [0.717, 1.165) is 5.56 Å². The van der Waals surface area contributed by atoms with Crippen LogP contribution in [-0.2, 0) is 4.74 Å². The summed E-state index contributed by atoms with van der Waals surface area (Å²) < 4.78 is 4.87. The fraction of sp³-hybridized carbons (Fsp3) is 0.308. The van der Waals surface area contributed by atoms with Crippen LogP contribution >= 0.6 is 0 Å². The molecule has 0 spiro atoms. The van der Waals surface area contributed by atoms with Crippen LogP contribution in [0.5, 0.6) is 0 Å². The Hall–Kier alpha value is -1.61. The lowest BCUT2D eigenvalue weighted by Crippen LogP contribution is -2.04. The molecule has 0 aromatic heterocycles. The van der Waals surface area contributed by atoms with E-state index in [1.54, 1.807) is 38.1 Å². The number of aliphatic hydroxyl groups excluding tert-OH is 1. The third-order valence-corrected chi connectivity index (χ3v) is 1.99. The van der Waals surface area contributed by atoms with Crippen molar-refractivity contribution in [3.63, 3.8) is 0 Å². The molecular weight excluding hydrogens is 204 g/mol. The highest BCUT2D eigenvalue weighted by atomic mass is 16.5. The molecule has 16 heavy (non-hydrogen) atoms. The first kappa shape index (κ1) is 12.5. The molecule has 86 valence electrons. The predicted octanol–water partition coefficient (Wildman–Crippen LogP) is 2.26. The molecule has 0 radical (unpaired) electrons. The quantitative estimate of drug-likeness (QED) is 0.792. The van der Waals surface area contributed by atoms with Gasteiger partial charge in [0, 0.05) is 0 Å². The Morgan fingerprint density at radius 2 is 2.06 bits per heavy atom. The zero-order valence-corrected chi connectivity index (χ0v) is 9.51. The molecule has 0 bridgehead atoms. The molecule has 1 aromatic carbocycles. The average Bonchev–Trinajstić information content (AvgIpc) is 2.27. The fourth-order valence-electron chi connectivity index (χ4n) is 1.20. The summed E-state index contributed by atoms with van der Waals surface area (Å²) in [5, 5.41) is 9.07. The second kappa shape index (κ2) is 6.08. The van der Waals surface area contributed by atoms with Crippen molar-refractivity contribution >= 4 is 12.0 Å². The van der Waals surface area contributed by atoms with Crippen LogP contribution < -0.4 is 0 Å². The Morgan fingerprint density at radius 3 is 2.56 bits per heavy atom. The van der Waals surface area contributed by atoms with Gasteiger partial charge in [-0.1, -0.05) is 24.3 Å². The van der Waals surface area contributed by atoms with Gasteiger partial charge in [-0.3, -0.25) is 0 Å². The van der Waals surface area contributed by atoms with Crippen molar-refractivity contribution in [1.82, 2.24) is 0 Å². The molecule has 1 atom stereocenters. The van der Waals surface area contributed by atoms with Gasteiger partial charge in [0.15, 0.2) is 0 Å². The largest absolute Gasteiger partial charge is 0.462 e. The van der Waals surface area contributed by atoms with Gasteiger partial charge in [-0.2, -0.15) is 0 Å². The molecule has 0 fully saturated rings. The minimum absolute atomic E-state index is 0.312. The summed E-state index contributed by atoms with van der Waals surface area (Å²) in [5.41, 5.74) is 1.48. The molecule has 0 unspecified atom stereocenters. The van der Waals surface area contributed by atoms with Crippen molar-refractivity contribution in [1.29, 1.82) is 0 Å². The smallest absolute Gasteiger partial charge is 0.338 e. The normalized spacial score (nSPS) is 12.7. The van der Waals surface area contributed by atoms with E-state index in [4.69, 9.17) is 9.84 Å². The number of benzene rings is 1. The number of aliphatic hydroxyl groups is 1. The highest BCUT2D eigenvalue weighted by molar-refractivity contribution is 5.89. The SMILES string of the molecule is CCOC(=O)c1ccc(/C=C/[C@@H](C)O)cc1. The first-order valence-corrected chi connectivity index (χ1v) is 5.27. The zero-order chi connectivity index (χ0) is 12.0. The van der Waals surface area contributed by atoms with E-state index in [1.807, 2.05) is 12.1 Å². The summed E-state index contributed by atoms with van der Waals surface area (Å²) >= 11 is 0. The van der Waals surface area contributed by atoms with Gasteiger partial charge >= 0.3 is 5.97 Å². The molecule has 0 aliphatic carbocycles. The van der Waals surface area contributed by atoms with Crippen molar-refractivity contribution in [3.05, 3.63) is 41.5 Å². The van der Waals surface area contributed by atoms with Crippen molar-refractivity contribution in [2.45, 2.75) is 20.0 Å². The minimum Gasteiger partial charge on any atom is -0.462 e. The molecule has 3 nitrogen and oxygen atoms in total. The van der Waals surface area contributed by atoms with E-state index in [-0.39, 0.29) is 5.97 Å². The Morgan fingerprint density at radius 1 is 1.44 bits per heavy atom. The van der Waals surface area contributed by atoms with Crippen LogP contribution in [0.2, 0.25) is 0 Å². The Bertz CT molecular complexity index is 363. The van der Waals surface area contributed by atoms with Crippen molar-refractivity contribution in [2.75, 3.05) is 6.61 Å². The lowest BCUT2D eigenvalue weighted by atomic mass is 10.1. The molecule has 0 saturated heterocycles. The summed E-state index contributed by atoms with van der Waals surface area (Å²) in [7, 11) is 0. The van der Waals surface area contributed by atoms with Crippen molar-refractivity contribution in [3.8, 4) is 0 Å². The van der Waals surface area contributed by atoms with E-state index in [0.29, 0.717) is 12.2 Å². The van der Waals surface area contributed by atoms with E-state index in [1.165, 1.54) is 0 Å². The molecule has 1 aromatic rings.